The van der Waals surface area contributed by atoms with E-state index < -0.39 is 5.41 Å². The number of para-hydroxylation sites is 2. The average molecular weight is 587 g/mol. The first-order valence-electron chi connectivity index (χ1n) is 15.7. The smallest absolute Gasteiger partial charge is 0.160 e. The molecule has 0 unspecified atom stereocenters. The Hall–Kier alpha value is -6.06. The first-order chi connectivity index (χ1) is 22.8. The van der Waals surface area contributed by atoms with Crippen LogP contribution in [0.3, 0.4) is 0 Å². The molecule has 0 saturated heterocycles. The van der Waals surface area contributed by atoms with Crippen molar-refractivity contribution in [1.82, 2.24) is 9.97 Å². The topological polar surface area (TPSA) is 35.0 Å². The van der Waals surface area contributed by atoms with Gasteiger partial charge >= 0.3 is 0 Å². The summed E-state index contributed by atoms with van der Waals surface area (Å²) in [5, 5.41) is 3.39. The fourth-order valence-corrected chi connectivity index (χ4v) is 7.84. The van der Waals surface area contributed by atoms with E-state index in [0.717, 1.165) is 50.3 Å². The van der Waals surface area contributed by atoms with Crippen LogP contribution in [0.15, 0.2) is 158 Å². The molecule has 2 aliphatic rings. The van der Waals surface area contributed by atoms with Crippen molar-refractivity contribution in [2.24, 2.45) is 0 Å². The van der Waals surface area contributed by atoms with Crippen LogP contribution in [0.1, 0.15) is 22.3 Å². The molecule has 0 fully saturated rings. The lowest BCUT2D eigenvalue weighted by Gasteiger charge is -2.39. The van der Waals surface area contributed by atoms with Gasteiger partial charge in [0.05, 0.1) is 16.6 Å². The van der Waals surface area contributed by atoms with E-state index in [9.17, 15) is 0 Å². The Balaban J connectivity index is 1.23. The molecule has 10 rings (SSSR count). The molecule has 46 heavy (non-hydrogen) atoms. The second kappa shape index (κ2) is 9.47. The third kappa shape index (κ3) is 3.37. The maximum absolute atomic E-state index is 6.76. The number of nitrogens with zero attached hydrogens (tertiary/aromatic N) is 2. The summed E-state index contributed by atoms with van der Waals surface area (Å²) in [6.45, 7) is 0. The fourth-order valence-electron chi connectivity index (χ4n) is 7.84. The lowest BCUT2D eigenvalue weighted by atomic mass is 9.66. The number of hydrogen-bond acceptors (Lipinski definition) is 3. The number of ether oxygens (including phenoxy) is 1. The first-order valence-corrected chi connectivity index (χ1v) is 15.7. The van der Waals surface area contributed by atoms with Crippen LogP contribution in [-0.2, 0) is 5.41 Å². The second-order valence-electron chi connectivity index (χ2n) is 12.1. The molecule has 1 aliphatic heterocycles. The number of rotatable bonds is 2. The van der Waals surface area contributed by atoms with Gasteiger partial charge in [-0.1, -0.05) is 140 Å². The number of aromatic nitrogens is 2. The molecule has 0 amide bonds. The molecular formula is C43H26N2O. The average Bonchev–Trinajstić information content (AvgIpc) is 3.41. The highest BCUT2D eigenvalue weighted by atomic mass is 16.5. The van der Waals surface area contributed by atoms with Gasteiger partial charge in [-0.05, 0) is 51.2 Å². The van der Waals surface area contributed by atoms with E-state index in [4.69, 9.17) is 14.7 Å². The summed E-state index contributed by atoms with van der Waals surface area (Å²) >= 11 is 0. The Morgan fingerprint density at radius 2 is 1.04 bits per heavy atom. The van der Waals surface area contributed by atoms with Crippen LogP contribution in [0.2, 0.25) is 0 Å². The van der Waals surface area contributed by atoms with Gasteiger partial charge in [0.2, 0.25) is 0 Å². The molecular weight excluding hydrogens is 560 g/mol. The van der Waals surface area contributed by atoms with Gasteiger partial charge in [0, 0.05) is 27.6 Å². The van der Waals surface area contributed by atoms with Crippen molar-refractivity contribution in [2.75, 3.05) is 0 Å². The predicted octanol–water partition coefficient (Wildman–Crippen LogP) is 10.6. The summed E-state index contributed by atoms with van der Waals surface area (Å²) in [5.41, 5.74) is 10.7. The third-order valence-corrected chi connectivity index (χ3v) is 9.76. The van der Waals surface area contributed by atoms with Crippen LogP contribution in [0.4, 0.5) is 0 Å². The van der Waals surface area contributed by atoms with E-state index in [0.29, 0.717) is 5.82 Å². The number of hydrogen-bond donors (Lipinski definition) is 0. The zero-order valence-electron chi connectivity index (χ0n) is 24.8. The van der Waals surface area contributed by atoms with Gasteiger partial charge < -0.3 is 4.74 Å². The van der Waals surface area contributed by atoms with Crippen LogP contribution >= 0.6 is 0 Å². The molecule has 214 valence electrons. The molecule has 1 aromatic heterocycles. The van der Waals surface area contributed by atoms with Crippen molar-refractivity contribution in [3.05, 3.63) is 180 Å². The van der Waals surface area contributed by atoms with Gasteiger partial charge in [0.1, 0.15) is 11.5 Å². The predicted molar refractivity (Wildman–Crippen MR) is 185 cm³/mol. The Morgan fingerprint density at radius 1 is 0.435 bits per heavy atom. The highest BCUT2D eigenvalue weighted by molar-refractivity contribution is 6.03. The second-order valence-corrected chi connectivity index (χ2v) is 12.1. The summed E-state index contributed by atoms with van der Waals surface area (Å²) in [7, 11) is 0. The minimum absolute atomic E-state index is 0.492. The van der Waals surface area contributed by atoms with Crippen LogP contribution in [0.25, 0.3) is 55.4 Å². The molecule has 1 spiro atoms. The van der Waals surface area contributed by atoms with E-state index in [-0.39, 0.29) is 0 Å². The van der Waals surface area contributed by atoms with Gasteiger partial charge in [0.25, 0.3) is 0 Å². The Bertz CT molecular complexity index is 2480. The molecule has 1 aliphatic carbocycles. The molecule has 3 heteroatoms. The Kier molecular flexibility index (Phi) is 5.20. The van der Waals surface area contributed by atoms with Crippen LogP contribution in [0.5, 0.6) is 11.5 Å². The minimum atomic E-state index is -0.492. The van der Waals surface area contributed by atoms with Crippen LogP contribution < -0.4 is 4.74 Å². The van der Waals surface area contributed by atoms with Crippen molar-refractivity contribution in [2.45, 2.75) is 5.41 Å². The van der Waals surface area contributed by atoms with Gasteiger partial charge in [-0.15, -0.1) is 0 Å². The van der Waals surface area contributed by atoms with E-state index in [1.807, 2.05) is 6.07 Å². The van der Waals surface area contributed by atoms with E-state index >= 15 is 0 Å². The largest absolute Gasteiger partial charge is 0.457 e. The monoisotopic (exact) mass is 586 g/mol. The third-order valence-electron chi connectivity index (χ3n) is 9.76. The Morgan fingerprint density at radius 3 is 1.87 bits per heavy atom. The highest BCUT2D eigenvalue weighted by Gasteiger charge is 2.50. The van der Waals surface area contributed by atoms with Gasteiger partial charge in [-0.25, -0.2) is 9.97 Å². The molecule has 0 N–H and O–H groups in total. The SMILES string of the molecule is c1ccc2c(c1)Oc1cc(-c3nc(-c4cccc5ccccc45)c4ccccc4n3)ccc1C21c2ccccc2-c2ccccc21. The zero-order valence-corrected chi connectivity index (χ0v) is 24.8. The summed E-state index contributed by atoms with van der Waals surface area (Å²) in [5.74, 6) is 2.37. The van der Waals surface area contributed by atoms with Crippen molar-refractivity contribution < 1.29 is 4.74 Å². The summed E-state index contributed by atoms with van der Waals surface area (Å²) in [6.07, 6.45) is 0. The molecule has 0 bridgehead atoms. The van der Waals surface area contributed by atoms with Crippen molar-refractivity contribution in [3.8, 4) is 45.3 Å². The van der Waals surface area contributed by atoms with Gasteiger partial charge in [0.15, 0.2) is 5.82 Å². The first kappa shape index (κ1) is 25.3. The molecule has 0 radical (unpaired) electrons. The van der Waals surface area contributed by atoms with Crippen molar-refractivity contribution in [3.63, 3.8) is 0 Å². The normalized spacial score (nSPS) is 13.6. The number of fused-ring (bicyclic) bond motifs is 11. The summed E-state index contributed by atoms with van der Waals surface area (Å²) in [6, 6.07) is 55.8. The standard InChI is InChI=1S/C43H26N2O/c1-2-14-29-27(12-1)13-11-18-32(29)41-33-17-5-9-22-38(33)44-42(45-41)28-24-25-37-40(26-28)46-39-23-10-8-21-36(39)43(37)34-19-6-3-15-30(34)31-16-4-7-20-35(31)43/h1-26H. The molecule has 7 aromatic carbocycles. The van der Waals surface area contributed by atoms with Gasteiger partial charge in [-0.3, -0.25) is 0 Å². The quantitative estimate of drug-likeness (QED) is 0.202. The summed E-state index contributed by atoms with van der Waals surface area (Å²) < 4.78 is 6.76. The fraction of sp³-hybridized carbons (Fsp3) is 0.0233. The van der Waals surface area contributed by atoms with Crippen molar-refractivity contribution >= 4 is 21.7 Å². The maximum atomic E-state index is 6.76. The Labute approximate surface area is 266 Å². The van der Waals surface area contributed by atoms with Crippen LogP contribution in [0, 0.1) is 0 Å². The van der Waals surface area contributed by atoms with E-state index in [1.54, 1.807) is 0 Å². The molecule has 8 aromatic rings. The van der Waals surface area contributed by atoms with Crippen LogP contribution in [-0.4, -0.2) is 9.97 Å². The van der Waals surface area contributed by atoms with Gasteiger partial charge in [-0.2, -0.15) is 0 Å². The lowest BCUT2D eigenvalue weighted by Crippen LogP contribution is -2.32. The van der Waals surface area contributed by atoms with E-state index in [1.165, 1.54) is 33.0 Å². The highest BCUT2D eigenvalue weighted by Crippen LogP contribution is 2.62. The molecule has 0 atom stereocenters. The number of benzene rings is 7. The molecule has 2 heterocycles. The van der Waals surface area contributed by atoms with E-state index in [2.05, 4.69) is 152 Å². The molecule has 0 saturated carbocycles. The molecule has 3 nitrogen and oxygen atoms in total. The van der Waals surface area contributed by atoms with Crippen molar-refractivity contribution in [1.29, 1.82) is 0 Å². The summed E-state index contributed by atoms with van der Waals surface area (Å²) in [4.78, 5) is 10.4. The lowest BCUT2D eigenvalue weighted by molar-refractivity contribution is 0.436. The minimum Gasteiger partial charge on any atom is -0.457 e. The zero-order chi connectivity index (χ0) is 30.2. The maximum Gasteiger partial charge on any atom is 0.160 e.